The van der Waals surface area contributed by atoms with Crippen LogP contribution in [0.1, 0.15) is 0 Å². The lowest BCUT2D eigenvalue weighted by Gasteiger charge is -2.10. The van der Waals surface area contributed by atoms with Crippen molar-refractivity contribution in [2.75, 3.05) is 33.2 Å². The van der Waals surface area contributed by atoms with E-state index in [1.165, 1.54) is 21.3 Å². The second kappa shape index (κ2) is 7.10. The number of nitrogens with one attached hydrogen (secondary N) is 2. The molecule has 0 unspecified atom stereocenters. The molecule has 7 heteroatoms. The highest BCUT2D eigenvalue weighted by Gasteiger charge is 2.08. The van der Waals surface area contributed by atoms with Crippen molar-refractivity contribution in [1.82, 2.24) is 5.32 Å². The molecule has 0 spiro atoms. The van der Waals surface area contributed by atoms with Gasteiger partial charge in [0.25, 0.3) is 0 Å². The Morgan fingerprint density at radius 1 is 1.11 bits per heavy atom. The molecule has 0 saturated heterocycles. The molecule has 0 atom stereocenters. The van der Waals surface area contributed by atoms with E-state index in [4.69, 9.17) is 9.47 Å². The van der Waals surface area contributed by atoms with E-state index in [1.54, 1.807) is 18.2 Å². The summed E-state index contributed by atoms with van der Waals surface area (Å²) in [6.45, 7) is -0.180. The van der Waals surface area contributed by atoms with Crippen LogP contribution in [0.25, 0.3) is 0 Å². The van der Waals surface area contributed by atoms with Crippen molar-refractivity contribution in [3.05, 3.63) is 18.2 Å². The number of hydrogen-bond donors (Lipinski definition) is 2. The maximum Gasteiger partial charge on any atom is 0.407 e. The van der Waals surface area contributed by atoms with E-state index in [-0.39, 0.29) is 12.5 Å². The average molecular weight is 268 g/mol. The monoisotopic (exact) mass is 268 g/mol. The van der Waals surface area contributed by atoms with Crippen LogP contribution in [0.15, 0.2) is 18.2 Å². The van der Waals surface area contributed by atoms with Crippen LogP contribution in [-0.4, -0.2) is 39.9 Å². The minimum Gasteiger partial charge on any atom is -0.493 e. The summed E-state index contributed by atoms with van der Waals surface area (Å²) in [5, 5.41) is 4.88. The van der Waals surface area contributed by atoms with Crippen LogP contribution in [0.5, 0.6) is 11.5 Å². The number of hydrogen-bond acceptors (Lipinski definition) is 5. The number of rotatable bonds is 5. The van der Waals surface area contributed by atoms with Crippen molar-refractivity contribution >= 4 is 17.7 Å². The number of alkyl carbamates (subject to hydrolysis) is 1. The first-order valence-corrected chi connectivity index (χ1v) is 5.44. The summed E-state index contributed by atoms with van der Waals surface area (Å²) in [5.41, 5.74) is 0.536. The maximum atomic E-state index is 11.5. The van der Waals surface area contributed by atoms with E-state index in [0.717, 1.165) is 0 Å². The molecule has 0 saturated carbocycles. The molecule has 0 aliphatic rings. The van der Waals surface area contributed by atoms with Crippen LogP contribution in [0.4, 0.5) is 10.5 Å². The van der Waals surface area contributed by atoms with Gasteiger partial charge < -0.3 is 24.8 Å². The third-order valence-corrected chi connectivity index (χ3v) is 2.25. The topological polar surface area (TPSA) is 85.9 Å². The molecule has 104 valence electrons. The molecule has 2 N–H and O–H groups in total. The Balaban J connectivity index is 2.61. The standard InChI is InChI=1S/C12H16N2O5/c1-17-9-5-4-8(6-10(9)18-2)14-11(15)7-13-12(16)19-3/h4-6H,7H2,1-3H3,(H,13,16)(H,14,15). The van der Waals surface area contributed by atoms with Gasteiger partial charge in [-0.2, -0.15) is 0 Å². The molecule has 0 aliphatic heterocycles. The van der Waals surface area contributed by atoms with Crippen LogP contribution in [-0.2, 0) is 9.53 Å². The molecule has 0 bridgehead atoms. The fraction of sp³-hybridized carbons (Fsp3) is 0.333. The first kappa shape index (κ1) is 14.6. The smallest absolute Gasteiger partial charge is 0.407 e. The lowest BCUT2D eigenvalue weighted by Crippen LogP contribution is -2.32. The van der Waals surface area contributed by atoms with E-state index in [1.807, 2.05) is 0 Å². The number of carbonyl (C=O) groups is 2. The Hall–Kier alpha value is -2.44. The third-order valence-electron chi connectivity index (χ3n) is 2.25. The Morgan fingerprint density at radius 2 is 1.79 bits per heavy atom. The summed E-state index contributed by atoms with van der Waals surface area (Å²) in [5.74, 6) is 0.687. The van der Waals surface area contributed by atoms with Crippen molar-refractivity contribution < 1.29 is 23.8 Å². The second-order valence-corrected chi connectivity index (χ2v) is 3.46. The van der Waals surface area contributed by atoms with Gasteiger partial charge in [0.15, 0.2) is 11.5 Å². The van der Waals surface area contributed by atoms with Gasteiger partial charge in [-0.3, -0.25) is 4.79 Å². The van der Waals surface area contributed by atoms with Crippen molar-refractivity contribution in [2.45, 2.75) is 0 Å². The zero-order chi connectivity index (χ0) is 14.3. The summed E-state index contributed by atoms with van der Waals surface area (Å²) in [7, 11) is 4.25. The summed E-state index contributed by atoms with van der Waals surface area (Å²) < 4.78 is 14.5. The fourth-order valence-electron chi connectivity index (χ4n) is 1.34. The van der Waals surface area contributed by atoms with Crippen LogP contribution in [0.3, 0.4) is 0 Å². The minimum atomic E-state index is -0.664. The Bertz CT molecular complexity index is 461. The lowest BCUT2D eigenvalue weighted by molar-refractivity contribution is -0.115. The quantitative estimate of drug-likeness (QED) is 0.832. The van der Waals surface area contributed by atoms with Gasteiger partial charge in [-0.05, 0) is 12.1 Å². The highest BCUT2D eigenvalue weighted by Crippen LogP contribution is 2.29. The van der Waals surface area contributed by atoms with Crippen molar-refractivity contribution in [3.63, 3.8) is 0 Å². The predicted molar refractivity (Wildman–Crippen MR) is 68.6 cm³/mol. The van der Waals surface area contributed by atoms with Gasteiger partial charge >= 0.3 is 6.09 Å². The summed E-state index contributed by atoms with van der Waals surface area (Å²) in [6, 6.07) is 4.95. The number of ether oxygens (including phenoxy) is 3. The Morgan fingerprint density at radius 3 is 2.37 bits per heavy atom. The molecular formula is C12H16N2O5. The fourth-order valence-corrected chi connectivity index (χ4v) is 1.34. The normalized spacial score (nSPS) is 9.42. The van der Waals surface area contributed by atoms with Crippen molar-refractivity contribution in [2.24, 2.45) is 0 Å². The van der Waals surface area contributed by atoms with Crippen LogP contribution >= 0.6 is 0 Å². The molecule has 7 nitrogen and oxygen atoms in total. The van der Waals surface area contributed by atoms with Gasteiger partial charge in [0.05, 0.1) is 21.3 Å². The SMILES string of the molecule is COC(=O)NCC(=O)Nc1ccc(OC)c(OC)c1. The Labute approximate surface area is 110 Å². The first-order chi connectivity index (χ1) is 9.10. The largest absolute Gasteiger partial charge is 0.493 e. The molecule has 0 fully saturated rings. The van der Waals surface area contributed by atoms with Crippen LogP contribution < -0.4 is 20.1 Å². The Kier molecular flexibility index (Phi) is 5.46. The van der Waals surface area contributed by atoms with Crippen molar-refractivity contribution in [3.8, 4) is 11.5 Å². The lowest BCUT2D eigenvalue weighted by atomic mass is 10.2. The second-order valence-electron chi connectivity index (χ2n) is 3.46. The zero-order valence-electron chi connectivity index (χ0n) is 11.0. The molecule has 0 heterocycles. The average Bonchev–Trinajstić information content (AvgIpc) is 2.44. The van der Waals surface area contributed by atoms with E-state index in [9.17, 15) is 9.59 Å². The van der Waals surface area contributed by atoms with Gasteiger partial charge in [-0.25, -0.2) is 4.79 Å². The molecule has 1 aromatic carbocycles. The van der Waals surface area contributed by atoms with Gasteiger partial charge in [0, 0.05) is 11.8 Å². The van der Waals surface area contributed by atoms with Crippen LogP contribution in [0.2, 0.25) is 0 Å². The van der Waals surface area contributed by atoms with E-state index in [0.29, 0.717) is 17.2 Å². The number of carbonyl (C=O) groups excluding carboxylic acids is 2. The number of amides is 2. The number of anilines is 1. The molecule has 0 aromatic heterocycles. The molecule has 19 heavy (non-hydrogen) atoms. The molecule has 1 rings (SSSR count). The highest BCUT2D eigenvalue weighted by molar-refractivity contribution is 5.94. The van der Waals surface area contributed by atoms with E-state index in [2.05, 4.69) is 15.4 Å². The summed E-state index contributed by atoms with van der Waals surface area (Å²) in [4.78, 5) is 22.3. The van der Waals surface area contributed by atoms with Crippen molar-refractivity contribution in [1.29, 1.82) is 0 Å². The zero-order valence-corrected chi connectivity index (χ0v) is 11.0. The summed E-state index contributed by atoms with van der Waals surface area (Å²) in [6.07, 6.45) is -0.664. The number of methoxy groups -OCH3 is 3. The van der Waals surface area contributed by atoms with Crippen LogP contribution in [0, 0.1) is 0 Å². The molecule has 2 amide bonds. The number of benzene rings is 1. The van der Waals surface area contributed by atoms with E-state index >= 15 is 0 Å². The van der Waals surface area contributed by atoms with Gasteiger partial charge in [0.1, 0.15) is 6.54 Å². The van der Waals surface area contributed by atoms with Gasteiger partial charge in [-0.1, -0.05) is 0 Å². The molecule has 0 radical (unpaired) electrons. The third kappa shape index (κ3) is 4.38. The molecule has 1 aromatic rings. The minimum absolute atomic E-state index is 0.180. The molecular weight excluding hydrogens is 252 g/mol. The predicted octanol–water partition coefficient (Wildman–Crippen LogP) is 0.998. The van der Waals surface area contributed by atoms with Gasteiger partial charge in [-0.15, -0.1) is 0 Å². The first-order valence-electron chi connectivity index (χ1n) is 5.44. The highest BCUT2D eigenvalue weighted by atomic mass is 16.5. The summed E-state index contributed by atoms with van der Waals surface area (Å²) >= 11 is 0. The van der Waals surface area contributed by atoms with E-state index < -0.39 is 6.09 Å². The van der Waals surface area contributed by atoms with Gasteiger partial charge in [0.2, 0.25) is 5.91 Å². The maximum absolute atomic E-state index is 11.5. The molecule has 0 aliphatic carbocycles.